The number of sulfonamides is 1. The second-order valence-corrected chi connectivity index (χ2v) is 7.85. The zero-order valence-corrected chi connectivity index (χ0v) is 13.7. The summed E-state index contributed by atoms with van der Waals surface area (Å²) in [5, 5.41) is 2.92. The molecule has 0 spiro atoms. The lowest BCUT2D eigenvalue weighted by Gasteiger charge is -2.29. The van der Waals surface area contributed by atoms with Crippen LogP contribution >= 0.6 is 0 Å². The van der Waals surface area contributed by atoms with Crippen LogP contribution in [0, 0.1) is 0 Å². The van der Waals surface area contributed by atoms with Crippen LogP contribution in [-0.2, 0) is 14.8 Å². The molecule has 1 saturated carbocycles. The second kappa shape index (κ2) is 7.74. The smallest absolute Gasteiger partial charge is 0.235 e. The van der Waals surface area contributed by atoms with Crippen LogP contribution in [0.5, 0.6) is 0 Å². The van der Waals surface area contributed by atoms with E-state index in [0.717, 1.165) is 25.7 Å². The molecule has 0 bridgehead atoms. The Morgan fingerprint density at radius 2 is 1.77 bits per heavy atom. The minimum atomic E-state index is -3.31. The zero-order chi connectivity index (χ0) is 16.0. The summed E-state index contributed by atoms with van der Waals surface area (Å²) in [4.78, 5) is 11.8. The fraction of sp³-hybridized carbons (Fsp3) is 0.562. The standard InChI is InChI=1S/C16H24N2O3S/c1-2-22(20,21)17-12-16(19)18-15-10-8-14(9-11-15)13-6-4-3-5-7-13/h3-7,14-15,17H,2,8-12H2,1H3,(H,18,19). The van der Waals surface area contributed by atoms with Crippen LogP contribution in [0.25, 0.3) is 0 Å². The lowest BCUT2D eigenvalue weighted by Crippen LogP contribution is -2.43. The molecule has 0 radical (unpaired) electrons. The van der Waals surface area contributed by atoms with Gasteiger partial charge in [-0.3, -0.25) is 4.79 Å². The van der Waals surface area contributed by atoms with Gasteiger partial charge in [-0.25, -0.2) is 13.1 Å². The highest BCUT2D eigenvalue weighted by Crippen LogP contribution is 2.32. The molecular weight excluding hydrogens is 300 g/mol. The van der Waals surface area contributed by atoms with E-state index in [2.05, 4.69) is 34.3 Å². The normalized spacial score (nSPS) is 22.2. The molecule has 0 aliphatic heterocycles. The molecule has 1 aliphatic carbocycles. The summed E-state index contributed by atoms with van der Waals surface area (Å²) in [6.45, 7) is 1.37. The first-order valence-corrected chi connectivity index (χ1v) is 9.47. The Kier molecular flexibility index (Phi) is 5.97. The highest BCUT2D eigenvalue weighted by molar-refractivity contribution is 7.89. The van der Waals surface area contributed by atoms with Gasteiger partial charge in [-0.1, -0.05) is 30.3 Å². The molecule has 1 aromatic carbocycles. The predicted molar refractivity (Wildman–Crippen MR) is 87.0 cm³/mol. The first-order valence-electron chi connectivity index (χ1n) is 7.82. The molecule has 0 aromatic heterocycles. The van der Waals surface area contributed by atoms with Crippen molar-refractivity contribution in [2.75, 3.05) is 12.3 Å². The summed E-state index contributed by atoms with van der Waals surface area (Å²) < 4.78 is 24.9. The average molecular weight is 324 g/mol. The molecule has 1 aromatic rings. The Morgan fingerprint density at radius 1 is 1.14 bits per heavy atom. The summed E-state index contributed by atoms with van der Waals surface area (Å²) >= 11 is 0. The van der Waals surface area contributed by atoms with Gasteiger partial charge in [0.2, 0.25) is 15.9 Å². The Labute approximate surface area is 132 Å². The van der Waals surface area contributed by atoms with Gasteiger partial charge in [0.1, 0.15) is 0 Å². The van der Waals surface area contributed by atoms with Crippen LogP contribution < -0.4 is 10.0 Å². The molecule has 1 aliphatic rings. The van der Waals surface area contributed by atoms with Crippen LogP contribution in [0.15, 0.2) is 30.3 Å². The van der Waals surface area contributed by atoms with Gasteiger partial charge in [0.15, 0.2) is 0 Å². The lowest BCUT2D eigenvalue weighted by atomic mass is 9.82. The maximum Gasteiger partial charge on any atom is 0.235 e. The predicted octanol–water partition coefficient (Wildman–Crippen LogP) is 1.77. The first kappa shape index (κ1) is 17.0. The third-order valence-corrected chi connectivity index (χ3v) is 5.54. The van der Waals surface area contributed by atoms with Crippen molar-refractivity contribution in [3.8, 4) is 0 Å². The maximum atomic E-state index is 11.8. The molecule has 0 atom stereocenters. The first-order chi connectivity index (χ1) is 10.5. The Bertz CT molecular complexity index is 579. The van der Waals surface area contributed by atoms with E-state index in [4.69, 9.17) is 0 Å². The van der Waals surface area contributed by atoms with Gasteiger partial charge in [-0.15, -0.1) is 0 Å². The van der Waals surface area contributed by atoms with Crippen molar-refractivity contribution in [1.29, 1.82) is 0 Å². The van der Waals surface area contributed by atoms with Crippen LogP contribution in [0.4, 0.5) is 0 Å². The molecule has 2 rings (SSSR count). The van der Waals surface area contributed by atoms with Gasteiger partial charge in [-0.2, -0.15) is 0 Å². The fourth-order valence-corrected chi connectivity index (χ4v) is 3.41. The van der Waals surface area contributed by atoms with Gasteiger partial charge in [0, 0.05) is 6.04 Å². The molecule has 22 heavy (non-hydrogen) atoms. The molecule has 2 N–H and O–H groups in total. The SMILES string of the molecule is CCS(=O)(=O)NCC(=O)NC1CCC(c2ccccc2)CC1. The quantitative estimate of drug-likeness (QED) is 0.837. The summed E-state index contributed by atoms with van der Waals surface area (Å²) in [5.74, 6) is 0.302. The van der Waals surface area contributed by atoms with Crippen LogP contribution in [-0.4, -0.2) is 32.7 Å². The average Bonchev–Trinajstić information content (AvgIpc) is 2.55. The number of hydrogen-bond acceptors (Lipinski definition) is 3. The largest absolute Gasteiger partial charge is 0.352 e. The highest BCUT2D eigenvalue weighted by Gasteiger charge is 2.23. The summed E-state index contributed by atoms with van der Waals surface area (Å²) in [7, 11) is -3.31. The number of amides is 1. The minimum Gasteiger partial charge on any atom is -0.352 e. The lowest BCUT2D eigenvalue weighted by molar-refractivity contribution is -0.120. The van der Waals surface area contributed by atoms with E-state index in [9.17, 15) is 13.2 Å². The van der Waals surface area contributed by atoms with E-state index in [-0.39, 0.29) is 24.2 Å². The summed E-state index contributed by atoms with van der Waals surface area (Å²) in [6, 6.07) is 10.6. The highest BCUT2D eigenvalue weighted by atomic mass is 32.2. The van der Waals surface area contributed by atoms with Crippen LogP contribution in [0.3, 0.4) is 0 Å². The van der Waals surface area contributed by atoms with Crippen LogP contribution in [0.1, 0.15) is 44.1 Å². The monoisotopic (exact) mass is 324 g/mol. The van der Waals surface area contributed by atoms with Gasteiger partial charge in [0.05, 0.1) is 12.3 Å². The molecule has 1 fully saturated rings. The third kappa shape index (κ3) is 5.10. The number of nitrogens with one attached hydrogen (secondary N) is 2. The van der Waals surface area contributed by atoms with Gasteiger partial charge in [-0.05, 0) is 44.1 Å². The maximum absolute atomic E-state index is 11.8. The Balaban J connectivity index is 1.74. The summed E-state index contributed by atoms with van der Waals surface area (Å²) in [5.41, 5.74) is 1.36. The van der Waals surface area contributed by atoms with Crippen molar-refractivity contribution in [2.24, 2.45) is 0 Å². The van der Waals surface area contributed by atoms with Crippen molar-refractivity contribution in [1.82, 2.24) is 10.0 Å². The molecule has 6 heteroatoms. The zero-order valence-electron chi connectivity index (χ0n) is 12.9. The topological polar surface area (TPSA) is 75.3 Å². The fourth-order valence-electron chi connectivity index (χ4n) is 2.85. The number of hydrogen-bond donors (Lipinski definition) is 2. The molecule has 0 unspecified atom stereocenters. The van der Waals surface area contributed by atoms with Crippen molar-refractivity contribution < 1.29 is 13.2 Å². The number of carbonyl (C=O) groups excluding carboxylic acids is 1. The number of rotatable bonds is 6. The van der Waals surface area contributed by atoms with Crippen molar-refractivity contribution in [2.45, 2.75) is 44.6 Å². The number of carbonyl (C=O) groups is 1. The van der Waals surface area contributed by atoms with Gasteiger partial charge in [0.25, 0.3) is 0 Å². The molecule has 122 valence electrons. The van der Waals surface area contributed by atoms with E-state index >= 15 is 0 Å². The molecular formula is C16H24N2O3S. The molecule has 0 heterocycles. The van der Waals surface area contributed by atoms with Gasteiger partial charge < -0.3 is 5.32 Å². The van der Waals surface area contributed by atoms with Gasteiger partial charge >= 0.3 is 0 Å². The molecule has 0 saturated heterocycles. The minimum absolute atomic E-state index is 0.0114. The third-order valence-electron chi connectivity index (χ3n) is 4.20. The number of benzene rings is 1. The van der Waals surface area contributed by atoms with E-state index in [1.807, 2.05) is 6.07 Å². The second-order valence-electron chi connectivity index (χ2n) is 5.75. The van der Waals surface area contributed by atoms with Crippen molar-refractivity contribution >= 4 is 15.9 Å². The van der Waals surface area contributed by atoms with E-state index in [0.29, 0.717) is 5.92 Å². The van der Waals surface area contributed by atoms with E-state index < -0.39 is 10.0 Å². The van der Waals surface area contributed by atoms with Crippen molar-refractivity contribution in [3.05, 3.63) is 35.9 Å². The Hall–Kier alpha value is -1.40. The van der Waals surface area contributed by atoms with E-state index in [1.54, 1.807) is 6.92 Å². The van der Waals surface area contributed by atoms with Crippen LogP contribution in [0.2, 0.25) is 0 Å². The summed E-state index contributed by atoms with van der Waals surface area (Å²) in [6.07, 6.45) is 3.98. The van der Waals surface area contributed by atoms with Crippen molar-refractivity contribution in [3.63, 3.8) is 0 Å². The Morgan fingerprint density at radius 3 is 2.36 bits per heavy atom. The molecule has 1 amide bonds. The van der Waals surface area contributed by atoms with E-state index in [1.165, 1.54) is 5.56 Å². The molecule has 5 nitrogen and oxygen atoms in total.